The van der Waals surface area contributed by atoms with Crippen LogP contribution in [0.1, 0.15) is 16.2 Å². The van der Waals surface area contributed by atoms with Crippen molar-refractivity contribution in [1.82, 2.24) is 15.5 Å². The standard InChI is InChI=1S/C22H16F3N3O3/c23-22(24,25)21-27-19(28-31-21)15-8-10-16(11-9-15)30-13-12-26-20(29)18-7-3-5-14-4-1-2-6-17(14)18/h1-11H,12-13H2,(H,26,29). The highest BCUT2D eigenvalue weighted by Gasteiger charge is 2.38. The number of fused-ring (bicyclic) bond motifs is 1. The van der Waals surface area contributed by atoms with E-state index in [1.807, 2.05) is 36.4 Å². The Morgan fingerprint density at radius 3 is 2.48 bits per heavy atom. The lowest BCUT2D eigenvalue weighted by Crippen LogP contribution is -2.28. The molecule has 9 heteroatoms. The average molecular weight is 427 g/mol. The minimum absolute atomic E-state index is 0.166. The summed E-state index contributed by atoms with van der Waals surface area (Å²) < 4.78 is 47.4. The van der Waals surface area contributed by atoms with Gasteiger partial charge in [-0.05, 0) is 41.1 Å². The van der Waals surface area contributed by atoms with Crippen molar-refractivity contribution in [3.8, 4) is 17.1 Å². The Morgan fingerprint density at radius 1 is 1.00 bits per heavy atom. The smallest absolute Gasteiger partial charge is 0.471 e. The number of hydrogen-bond donors (Lipinski definition) is 1. The fourth-order valence-electron chi connectivity index (χ4n) is 3.01. The van der Waals surface area contributed by atoms with Gasteiger partial charge in [-0.15, -0.1) is 0 Å². The van der Waals surface area contributed by atoms with Crippen LogP contribution < -0.4 is 10.1 Å². The first-order chi connectivity index (χ1) is 14.9. The van der Waals surface area contributed by atoms with Gasteiger partial charge in [0.2, 0.25) is 5.82 Å². The summed E-state index contributed by atoms with van der Waals surface area (Å²) in [5.41, 5.74) is 0.941. The lowest BCUT2D eigenvalue weighted by molar-refractivity contribution is -0.159. The maximum atomic E-state index is 12.5. The highest BCUT2D eigenvalue weighted by Crippen LogP contribution is 2.29. The third-order valence-corrected chi connectivity index (χ3v) is 4.47. The predicted molar refractivity (Wildman–Crippen MR) is 107 cm³/mol. The maximum Gasteiger partial charge on any atom is 0.471 e. The van der Waals surface area contributed by atoms with Gasteiger partial charge < -0.3 is 14.6 Å². The van der Waals surface area contributed by atoms with Crippen molar-refractivity contribution in [3.05, 3.63) is 78.2 Å². The van der Waals surface area contributed by atoms with Gasteiger partial charge in [0.25, 0.3) is 5.91 Å². The van der Waals surface area contributed by atoms with Crippen LogP contribution in [0.25, 0.3) is 22.2 Å². The van der Waals surface area contributed by atoms with Crippen molar-refractivity contribution in [1.29, 1.82) is 0 Å². The Balaban J connectivity index is 1.31. The molecular weight excluding hydrogens is 411 g/mol. The van der Waals surface area contributed by atoms with Crippen LogP contribution in [-0.2, 0) is 6.18 Å². The molecule has 1 aromatic heterocycles. The molecule has 0 fully saturated rings. The fraction of sp³-hybridized carbons (Fsp3) is 0.136. The second-order valence-electron chi connectivity index (χ2n) is 6.58. The molecule has 0 atom stereocenters. The Labute approximate surface area is 174 Å². The Hall–Kier alpha value is -3.88. The molecule has 0 aliphatic carbocycles. The summed E-state index contributed by atoms with van der Waals surface area (Å²) >= 11 is 0. The number of hydrogen-bond acceptors (Lipinski definition) is 5. The van der Waals surface area contributed by atoms with Gasteiger partial charge in [-0.2, -0.15) is 18.2 Å². The summed E-state index contributed by atoms with van der Waals surface area (Å²) in [4.78, 5) is 15.8. The molecular formula is C22H16F3N3O3. The molecule has 31 heavy (non-hydrogen) atoms. The van der Waals surface area contributed by atoms with Crippen LogP contribution in [0, 0.1) is 0 Å². The van der Waals surface area contributed by atoms with Gasteiger partial charge in [-0.3, -0.25) is 4.79 Å². The number of halogens is 3. The van der Waals surface area contributed by atoms with E-state index in [0.29, 0.717) is 16.9 Å². The molecule has 1 N–H and O–H groups in total. The van der Waals surface area contributed by atoms with Gasteiger partial charge in [-0.1, -0.05) is 41.6 Å². The van der Waals surface area contributed by atoms with Crippen molar-refractivity contribution in [2.75, 3.05) is 13.2 Å². The molecule has 6 nitrogen and oxygen atoms in total. The van der Waals surface area contributed by atoms with Crippen LogP contribution in [0.3, 0.4) is 0 Å². The molecule has 0 radical (unpaired) electrons. The van der Waals surface area contributed by atoms with Gasteiger partial charge in [0.15, 0.2) is 0 Å². The summed E-state index contributed by atoms with van der Waals surface area (Å²) in [7, 11) is 0. The van der Waals surface area contributed by atoms with Gasteiger partial charge in [0.05, 0.1) is 6.54 Å². The van der Waals surface area contributed by atoms with Crippen LogP contribution >= 0.6 is 0 Å². The third-order valence-electron chi connectivity index (χ3n) is 4.47. The number of alkyl halides is 3. The van der Waals surface area contributed by atoms with Crippen LogP contribution in [0.5, 0.6) is 5.75 Å². The van der Waals surface area contributed by atoms with Crippen molar-refractivity contribution >= 4 is 16.7 Å². The molecule has 3 aromatic carbocycles. The summed E-state index contributed by atoms with van der Waals surface area (Å²) in [5, 5.41) is 8.00. The number of nitrogens with zero attached hydrogens (tertiary/aromatic N) is 2. The first-order valence-electron chi connectivity index (χ1n) is 9.32. The first kappa shape index (κ1) is 20.4. The van der Waals surface area contributed by atoms with E-state index < -0.39 is 12.1 Å². The number of benzene rings is 3. The molecule has 1 amide bonds. The normalized spacial score (nSPS) is 11.5. The monoisotopic (exact) mass is 427 g/mol. The van der Waals surface area contributed by atoms with E-state index in [2.05, 4.69) is 20.0 Å². The molecule has 0 saturated heterocycles. The SMILES string of the molecule is O=C(NCCOc1ccc(-c2noc(C(F)(F)F)n2)cc1)c1cccc2ccccc12. The van der Waals surface area contributed by atoms with Crippen LogP contribution in [0.15, 0.2) is 71.3 Å². The van der Waals surface area contributed by atoms with Crippen molar-refractivity contribution < 1.29 is 27.2 Å². The molecule has 1 heterocycles. The molecule has 4 rings (SSSR count). The van der Waals surface area contributed by atoms with Gasteiger partial charge in [-0.25, -0.2) is 0 Å². The molecule has 0 saturated carbocycles. The molecule has 0 unspecified atom stereocenters. The largest absolute Gasteiger partial charge is 0.492 e. The summed E-state index contributed by atoms with van der Waals surface area (Å²) in [6.07, 6.45) is -4.69. The molecule has 0 bridgehead atoms. The molecule has 4 aromatic rings. The van der Waals surface area contributed by atoms with Crippen LogP contribution in [-0.4, -0.2) is 29.2 Å². The average Bonchev–Trinajstić information content (AvgIpc) is 3.27. The van der Waals surface area contributed by atoms with E-state index in [4.69, 9.17) is 4.74 Å². The zero-order chi connectivity index (χ0) is 21.8. The first-order valence-corrected chi connectivity index (χ1v) is 9.32. The zero-order valence-corrected chi connectivity index (χ0v) is 16.0. The number of aromatic nitrogens is 2. The quantitative estimate of drug-likeness (QED) is 0.451. The second-order valence-corrected chi connectivity index (χ2v) is 6.58. The number of ether oxygens (including phenoxy) is 1. The number of carbonyl (C=O) groups excluding carboxylic acids is 1. The topological polar surface area (TPSA) is 77.2 Å². The van der Waals surface area contributed by atoms with E-state index in [1.165, 1.54) is 12.1 Å². The Bertz CT molecular complexity index is 1200. The van der Waals surface area contributed by atoms with E-state index in [-0.39, 0.29) is 24.9 Å². The second kappa shape index (κ2) is 8.47. The molecule has 0 aliphatic heterocycles. The van der Waals surface area contributed by atoms with E-state index in [1.54, 1.807) is 18.2 Å². The summed E-state index contributed by atoms with van der Waals surface area (Å²) in [6, 6.07) is 19.4. The van der Waals surface area contributed by atoms with E-state index in [0.717, 1.165) is 10.8 Å². The summed E-state index contributed by atoms with van der Waals surface area (Å²) in [5.74, 6) is -1.28. The fourth-order valence-corrected chi connectivity index (χ4v) is 3.01. The lowest BCUT2D eigenvalue weighted by atomic mass is 10.0. The number of rotatable bonds is 6. The number of amides is 1. The molecule has 0 aliphatic rings. The van der Waals surface area contributed by atoms with Gasteiger partial charge >= 0.3 is 12.1 Å². The highest BCUT2D eigenvalue weighted by atomic mass is 19.4. The maximum absolute atomic E-state index is 12.5. The van der Waals surface area contributed by atoms with E-state index >= 15 is 0 Å². The van der Waals surface area contributed by atoms with Crippen molar-refractivity contribution in [3.63, 3.8) is 0 Å². The van der Waals surface area contributed by atoms with Crippen molar-refractivity contribution in [2.45, 2.75) is 6.18 Å². The van der Waals surface area contributed by atoms with Crippen LogP contribution in [0.4, 0.5) is 13.2 Å². The molecule has 158 valence electrons. The summed E-state index contributed by atoms with van der Waals surface area (Å²) in [6.45, 7) is 0.500. The third kappa shape index (κ3) is 4.66. The minimum atomic E-state index is -4.69. The van der Waals surface area contributed by atoms with Crippen LogP contribution in [0.2, 0.25) is 0 Å². The molecule has 0 spiro atoms. The Morgan fingerprint density at radius 2 is 1.74 bits per heavy atom. The van der Waals surface area contributed by atoms with Crippen molar-refractivity contribution in [2.24, 2.45) is 0 Å². The number of carbonyl (C=O) groups is 1. The predicted octanol–water partition coefficient (Wildman–Crippen LogP) is 4.72. The number of nitrogens with one attached hydrogen (secondary N) is 1. The highest BCUT2D eigenvalue weighted by molar-refractivity contribution is 6.06. The lowest BCUT2D eigenvalue weighted by Gasteiger charge is -2.09. The van der Waals surface area contributed by atoms with Gasteiger partial charge in [0, 0.05) is 11.1 Å². The zero-order valence-electron chi connectivity index (χ0n) is 16.0. The minimum Gasteiger partial charge on any atom is -0.492 e. The Kier molecular flexibility index (Phi) is 5.57. The van der Waals surface area contributed by atoms with E-state index in [9.17, 15) is 18.0 Å². The van der Waals surface area contributed by atoms with Gasteiger partial charge in [0.1, 0.15) is 12.4 Å².